The number of hydrogen-bond donors (Lipinski definition) is 0. The molecule has 2 aromatic rings. The maximum absolute atomic E-state index is 11.3. The number of benzene rings is 1. The van der Waals surface area contributed by atoms with E-state index < -0.39 is 4.92 Å². The van der Waals surface area contributed by atoms with Gasteiger partial charge >= 0.3 is 0 Å². The molecule has 0 bridgehead atoms. The summed E-state index contributed by atoms with van der Waals surface area (Å²) in [6.07, 6.45) is 4.07. The summed E-state index contributed by atoms with van der Waals surface area (Å²) in [5.74, 6) is 0.687. The van der Waals surface area contributed by atoms with Gasteiger partial charge in [-0.05, 0) is 12.1 Å². The molecule has 2 heterocycles. The molecule has 0 N–H and O–H groups in total. The van der Waals surface area contributed by atoms with Gasteiger partial charge in [0.25, 0.3) is 5.69 Å². The van der Waals surface area contributed by atoms with Crippen LogP contribution >= 0.6 is 0 Å². The first-order valence-electron chi connectivity index (χ1n) is 7.19. The molecule has 0 amide bonds. The minimum Gasteiger partial charge on any atom is -0.367 e. The Morgan fingerprint density at radius 3 is 2.35 bits per heavy atom. The Labute approximate surface area is 132 Å². The molecule has 8 nitrogen and oxygen atoms in total. The Morgan fingerprint density at radius 1 is 1.09 bits per heavy atom. The highest BCUT2D eigenvalue weighted by atomic mass is 16.6. The van der Waals surface area contributed by atoms with Crippen molar-refractivity contribution < 1.29 is 9.72 Å². The first kappa shape index (κ1) is 14.9. The lowest BCUT2D eigenvalue weighted by Gasteiger charge is -2.36. The summed E-state index contributed by atoms with van der Waals surface area (Å²) in [4.78, 5) is 34.1. The number of anilines is 2. The molecule has 8 heteroatoms. The van der Waals surface area contributed by atoms with Crippen LogP contribution in [0.3, 0.4) is 0 Å². The largest absolute Gasteiger partial charge is 0.367 e. The summed E-state index contributed by atoms with van der Waals surface area (Å²) in [6, 6.07) is 6.15. The van der Waals surface area contributed by atoms with Gasteiger partial charge in [-0.25, -0.2) is 9.97 Å². The van der Waals surface area contributed by atoms with Crippen LogP contribution in [-0.4, -0.2) is 47.4 Å². The van der Waals surface area contributed by atoms with Crippen LogP contribution in [0.15, 0.2) is 36.7 Å². The van der Waals surface area contributed by atoms with Crippen LogP contribution in [0.5, 0.6) is 0 Å². The number of nitrogens with zero attached hydrogens (tertiary/aromatic N) is 5. The summed E-state index contributed by atoms with van der Waals surface area (Å²) < 4.78 is 0. The predicted octanol–water partition coefficient (Wildman–Crippen LogP) is 1.52. The van der Waals surface area contributed by atoms with Gasteiger partial charge in [0.2, 0.25) is 5.95 Å². The number of carbonyl (C=O) groups is 1. The number of hydrogen-bond acceptors (Lipinski definition) is 7. The van der Waals surface area contributed by atoms with Gasteiger partial charge in [0.1, 0.15) is 0 Å². The second-order valence-corrected chi connectivity index (χ2v) is 5.14. The zero-order valence-electron chi connectivity index (χ0n) is 12.3. The van der Waals surface area contributed by atoms with E-state index in [1.165, 1.54) is 12.1 Å². The molecule has 0 spiro atoms. The summed E-state index contributed by atoms with van der Waals surface area (Å²) >= 11 is 0. The number of nitro groups is 1. The molecule has 1 aromatic heterocycles. The molecular formula is C15H15N5O3. The van der Waals surface area contributed by atoms with E-state index in [-0.39, 0.29) is 5.69 Å². The van der Waals surface area contributed by atoms with Crippen LogP contribution in [0.4, 0.5) is 17.3 Å². The Hall–Kier alpha value is -3.03. The third-order valence-electron chi connectivity index (χ3n) is 3.80. The first-order chi connectivity index (χ1) is 11.2. The molecule has 1 saturated heterocycles. The van der Waals surface area contributed by atoms with Crippen molar-refractivity contribution in [2.24, 2.45) is 0 Å². The zero-order chi connectivity index (χ0) is 16.2. The summed E-state index contributed by atoms with van der Waals surface area (Å²) in [6.45, 7) is 2.83. The highest BCUT2D eigenvalue weighted by molar-refractivity contribution is 5.86. The second kappa shape index (κ2) is 6.39. The molecule has 0 atom stereocenters. The lowest BCUT2D eigenvalue weighted by atomic mass is 10.1. The molecule has 0 aliphatic carbocycles. The second-order valence-electron chi connectivity index (χ2n) is 5.14. The SMILES string of the molecule is O=Cc1cc([N+](=O)[O-])ccc1N1CCN(c2ncccn2)CC1. The molecule has 1 aromatic carbocycles. The minimum absolute atomic E-state index is 0.0767. The lowest BCUT2D eigenvalue weighted by molar-refractivity contribution is -0.384. The molecular weight excluding hydrogens is 298 g/mol. The van der Waals surface area contributed by atoms with Crippen molar-refractivity contribution in [1.82, 2.24) is 9.97 Å². The molecule has 1 fully saturated rings. The third-order valence-corrected chi connectivity index (χ3v) is 3.80. The van der Waals surface area contributed by atoms with Crippen molar-refractivity contribution in [3.8, 4) is 0 Å². The molecule has 0 radical (unpaired) electrons. The van der Waals surface area contributed by atoms with E-state index in [0.717, 1.165) is 18.8 Å². The Balaban J connectivity index is 1.75. The number of non-ortho nitro benzene ring substituents is 1. The fourth-order valence-electron chi connectivity index (χ4n) is 2.64. The van der Waals surface area contributed by atoms with Crippen molar-refractivity contribution in [3.63, 3.8) is 0 Å². The normalized spacial score (nSPS) is 14.6. The van der Waals surface area contributed by atoms with Crippen LogP contribution in [0, 0.1) is 10.1 Å². The summed E-state index contributed by atoms with van der Waals surface area (Å²) in [5, 5.41) is 10.8. The van der Waals surface area contributed by atoms with Gasteiger partial charge in [0.15, 0.2) is 6.29 Å². The van der Waals surface area contributed by atoms with Gasteiger partial charge in [0.05, 0.1) is 4.92 Å². The molecule has 23 heavy (non-hydrogen) atoms. The van der Waals surface area contributed by atoms with Crippen LogP contribution in [0.1, 0.15) is 10.4 Å². The van der Waals surface area contributed by atoms with Gasteiger partial charge in [-0.15, -0.1) is 0 Å². The van der Waals surface area contributed by atoms with E-state index in [2.05, 4.69) is 14.9 Å². The minimum atomic E-state index is -0.499. The standard InChI is InChI=1S/C15H15N5O3/c21-11-12-10-13(20(22)23)2-3-14(12)18-6-8-19(9-7-18)15-16-4-1-5-17-15/h1-5,10-11H,6-9H2. The van der Waals surface area contributed by atoms with Crippen molar-refractivity contribution in [2.75, 3.05) is 36.0 Å². The zero-order valence-corrected chi connectivity index (χ0v) is 12.3. The maximum atomic E-state index is 11.3. The fraction of sp³-hybridized carbons (Fsp3) is 0.267. The van der Waals surface area contributed by atoms with Gasteiger partial charge < -0.3 is 9.80 Å². The number of piperazine rings is 1. The summed E-state index contributed by atoms with van der Waals surface area (Å²) in [7, 11) is 0. The number of carbonyl (C=O) groups excluding carboxylic acids is 1. The van der Waals surface area contributed by atoms with Crippen molar-refractivity contribution >= 4 is 23.6 Å². The maximum Gasteiger partial charge on any atom is 0.270 e. The topological polar surface area (TPSA) is 92.5 Å². The average Bonchev–Trinajstić information content (AvgIpc) is 2.62. The van der Waals surface area contributed by atoms with E-state index >= 15 is 0 Å². The van der Waals surface area contributed by atoms with Crippen molar-refractivity contribution in [1.29, 1.82) is 0 Å². The van der Waals surface area contributed by atoms with Gasteiger partial charge in [-0.1, -0.05) is 0 Å². The van der Waals surface area contributed by atoms with E-state index in [1.807, 2.05) is 4.90 Å². The van der Waals surface area contributed by atoms with E-state index in [0.29, 0.717) is 30.9 Å². The third kappa shape index (κ3) is 3.10. The number of aromatic nitrogens is 2. The van der Waals surface area contributed by atoms with E-state index in [1.54, 1.807) is 24.5 Å². The molecule has 0 unspecified atom stereocenters. The quantitative estimate of drug-likeness (QED) is 0.480. The van der Waals surface area contributed by atoms with E-state index in [9.17, 15) is 14.9 Å². The molecule has 0 saturated carbocycles. The fourth-order valence-corrected chi connectivity index (χ4v) is 2.64. The van der Waals surface area contributed by atoms with Gasteiger partial charge in [-0.2, -0.15) is 0 Å². The average molecular weight is 313 g/mol. The number of nitro benzene ring substituents is 1. The first-order valence-corrected chi connectivity index (χ1v) is 7.19. The predicted molar refractivity (Wildman–Crippen MR) is 84.9 cm³/mol. The van der Waals surface area contributed by atoms with Crippen LogP contribution < -0.4 is 9.80 Å². The highest BCUT2D eigenvalue weighted by Gasteiger charge is 2.21. The lowest BCUT2D eigenvalue weighted by Crippen LogP contribution is -2.47. The Morgan fingerprint density at radius 2 is 1.74 bits per heavy atom. The summed E-state index contributed by atoms with van der Waals surface area (Å²) in [5.41, 5.74) is 0.981. The number of aldehydes is 1. The van der Waals surface area contributed by atoms with Crippen LogP contribution in [-0.2, 0) is 0 Å². The van der Waals surface area contributed by atoms with Crippen molar-refractivity contribution in [2.45, 2.75) is 0 Å². The van der Waals surface area contributed by atoms with Crippen molar-refractivity contribution in [3.05, 3.63) is 52.3 Å². The highest BCUT2D eigenvalue weighted by Crippen LogP contribution is 2.25. The van der Waals surface area contributed by atoms with E-state index in [4.69, 9.17) is 0 Å². The van der Waals surface area contributed by atoms with Crippen LogP contribution in [0.2, 0.25) is 0 Å². The van der Waals surface area contributed by atoms with Crippen LogP contribution in [0.25, 0.3) is 0 Å². The Kier molecular flexibility index (Phi) is 4.13. The van der Waals surface area contributed by atoms with Gasteiger partial charge in [-0.3, -0.25) is 14.9 Å². The molecule has 118 valence electrons. The smallest absolute Gasteiger partial charge is 0.270 e. The Bertz CT molecular complexity index is 714. The molecule has 3 rings (SSSR count). The number of rotatable bonds is 4. The molecule has 1 aliphatic rings. The molecule has 1 aliphatic heterocycles. The monoisotopic (exact) mass is 313 g/mol. The van der Waals surface area contributed by atoms with Gasteiger partial charge in [0, 0.05) is 62.0 Å².